The predicted octanol–water partition coefficient (Wildman–Crippen LogP) is -2.13. The Morgan fingerprint density at radius 2 is 2.07 bits per heavy atom. The van der Waals surface area contributed by atoms with Gasteiger partial charge in [0.25, 0.3) is 5.56 Å². The van der Waals surface area contributed by atoms with Crippen molar-refractivity contribution in [2.75, 3.05) is 12.3 Å². The fourth-order valence-corrected chi connectivity index (χ4v) is 3.63. The van der Waals surface area contributed by atoms with Crippen molar-refractivity contribution in [1.29, 1.82) is 0 Å². The molecule has 1 aliphatic rings. The number of rotatable bonds is 5. The molecule has 0 spiro atoms. The molecule has 0 radical (unpaired) electrons. The molecule has 1 saturated heterocycles. The lowest BCUT2D eigenvalue weighted by atomic mass is 10.1. The molecule has 5 atom stereocenters. The third-order valence-electron chi connectivity index (χ3n) is 4.46. The fourth-order valence-electron chi connectivity index (χ4n) is 2.78. The molecule has 0 amide bonds. The van der Waals surface area contributed by atoms with Crippen LogP contribution >= 0.6 is 11.3 Å². The number of carbonyl (C=O) groups excluding carboxylic acids is 1. The summed E-state index contributed by atoms with van der Waals surface area (Å²) in [5.41, 5.74) is 10.5. The van der Waals surface area contributed by atoms with Gasteiger partial charge in [0.2, 0.25) is 5.95 Å². The van der Waals surface area contributed by atoms with E-state index in [1.165, 1.54) is 0 Å². The van der Waals surface area contributed by atoms with Crippen molar-refractivity contribution < 1.29 is 24.5 Å². The van der Waals surface area contributed by atoms with Crippen LogP contribution in [0.1, 0.15) is 20.1 Å². The van der Waals surface area contributed by atoms with Crippen molar-refractivity contribution in [3.8, 4) is 0 Å². The smallest absolute Gasteiger partial charge is 0.323 e. The molecule has 7 N–H and O–H groups in total. The zero-order chi connectivity index (χ0) is 20.7. The number of nitrogens with two attached hydrogens (primary N) is 2. The van der Waals surface area contributed by atoms with Gasteiger partial charge in [0.05, 0.1) is 0 Å². The van der Waals surface area contributed by atoms with Crippen LogP contribution in [0.4, 0.5) is 5.95 Å². The quantitative estimate of drug-likeness (QED) is 0.337. The van der Waals surface area contributed by atoms with Crippen molar-refractivity contribution >= 4 is 33.6 Å². The summed E-state index contributed by atoms with van der Waals surface area (Å²) in [7, 11) is 0. The normalized spacial score (nSPS) is 26.1. The van der Waals surface area contributed by atoms with E-state index in [0.29, 0.717) is 11.3 Å². The first kappa shape index (κ1) is 20.4. The van der Waals surface area contributed by atoms with Gasteiger partial charge in [0.1, 0.15) is 35.7 Å². The molecule has 154 valence electrons. The number of nitrogens with zero attached hydrogens (tertiary/aromatic N) is 2. The van der Waals surface area contributed by atoms with Crippen molar-refractivity contribution in [1.82, 2.24) is 14.5 Å². The van der Waals surface area contributed by atoms with E-state index in [-0.39, 0.29) is 28.8 Å². The molecule has 1 fully saturated rings. The summed E-state index contributed by atoms with van der Waals surface area (Å²) in [6.45, 7) is 3.13. The maximum Gasteiger partial charge on any atom is 0.323 e. The van der Waals surface area contributed by atoms with E-state index in [2.05, 4.69) is 9.97 Å². The van der Waals surface area contributed by atoms with E-state index < -0.39 is 47.0 Å². The number of fused-ring (bicyclic) bond motifs is 1. The van der Waals surface area contributed by atoms with Crippen molar-refractivity contribution in [3.63, 3.8) is 0 Å². The summed E-state index contributed by atoms with van der Waals surface area (Å²) >= 11 is 0.602. The average molecular weight is 415 g/mol. The topological polar surface area (TPSA) is 196 Å². The Kier molecular flexibility index (Phi) is 5.54. The molecule has 13 heteroatoms. The van der Waals surface area contributed by atoms with Crippen LogP contribution < -0.4 is 21.9 Å². The van der Waals surface area contributed by atoms with Gasteiger partial charge < -0.3 is 31.2 Å². The van der Waals surface area contributed by atoms with Crippen molar-refractivity contribution in [2.24, 2.45) is 11.7 Å². The first-order valence-corrected chi connectivity index (χ1v) is 9.28. The maximum absolute atomic E-state index is 12.4. The highest BCUT2D eigenvalue weighted by Crippen LogP contribution is 2.31. The van der Waals surface area contributed by atoms with Gasteiger partial charge in [0, 0.05) is 0 Å². The van der Waals surface area contributed by atoms with Crippen LogP contribution in [0.25, 0.3) is 10.3 Å². The van der Waals surface area contributed by atoms with Crippen LogP contribution in [0.3, 0.4) is 0 Å². The van der Waals surface area contributed by atoms with Crippen molar-refractivity contribution in [3.05, 3.63) is 20.0 Å². The van der Waals surface area contributed by atoms with Gasteiger partial charge in [-0.05, 0) is 5.92 Å². The van der Waals surface area contributed by atoms with Crippen LogP contribution in [-0.4, -0.2) is 61.7 Å². The number of aliphatic hydroxyl groups is 2. The first-order chi connectivity index (χ1) is 13.1. The van der Waals surface area contributed by atoms with Crippen LogP contribution in [0.2, 0.25) is 0 Å². The minimum atomic E-state index is -1.53. The number of H-pyrrole nitrogens is 1. The second-order valence-electron chi connectivity index (χ2n) is 6.79. The summed E-state index contributed by atoms with van der Waals surface area (Å²) in [5, 5.41) is 20.6. The lowest BCUT2D eigenvalue weighted by Gasteiger charge is -2.18. The van der Waals surface area contributed by atoms with Crippen LogP contribution in [-0.2, 0) is 14.3 Å². The summed E-state index contributed by atoms with van der Waals surface area (Å²) in [5.74, 6) is -1.04. The zero-order valence-electron chi connectivity index (χ0n) is 15.1. The highest BCUT2D eigenvalue weighted by Gasteiger charge is 2.46. The fraction of sp³-hybridized carbons (Fsp3) is 0.600. The Morgan fingerprint density at radius 3 is 2.71 bits per heavy atom. The van der Waals surface area contributed by atoms with Gasteiger partial charge in [0.15, 0.2) is 11.9 Å². The van der Waals surface area contributed by atoms with Gasteiger partial charge in [-0.2, -0.15) is 4.98 Å². The summed E-state index contributed by atoms with van der Waals surface area (Å²) in [6, 6.07) is -0.846. The molecular formula is C15H21N5O7S. The lowest BCUT2D eigenvalue weighted by Crippen LogP contribution is -2.40. The summed E-state index contributed by atoms with van der Waals surface area (Å²) in [6.07, 6.45) is -5.42. The van der Waals surface area contributed by atoms with E-state index in [1.54, 1.807) is 13.8 Å². The van der Waals surface area contributed by atoms with Crippen LogP contribution in [0.5, 0.6) is 0 Å². The average Bonchev–Trinajstić information content (AvgIpc) is 3.09. The minimum absolute atomic E-state index is 0.00211. The number of carbonyl (C=O) groups is 1. The third-order valence-corrected chi connectivity index (χ3v) is 5.41. The molecule has 1 aliphatic heterocycles. The van der Waals surface area contributed by atoms with Gasteiger partial charge in [-0.25, -0.2) is 0 Å². The summed E-state index contributed by atoms with van der Waals surface area (Å²) in [4.78, 5) is 41.7. The number of nitrogen functional groups attached to an aromatic ring is 1. The second kappa shape index (κ2) is 7.60. The lowest BCUT2D eigenvalue weighted by molar-refractivity contribution is -0.152. The number of anilines is 1. The summed E-state index contributed by atoms with van der Waals surface area (Å²) < 4.78 is 11.5. The van der Waals surface area contributed by atoms with Crippen molar-refractivity contribution in [2.45, 2.75) is 44.4 Å². The molecule has 12 nitrogen and oxygen atoms in total. The van der Waals surface area contributed by atoms with Crippen LogP contribution in [0.15, 0.2) is 9.59 Å². The maximum atomic E-state index is 12.4. The number of esters is 1. The zero-order valence-corrected chi connectivity index (χ0v) is 15.9. The van der Waals surface area contributed by atoms with E-state index in [0.717, 1.165) is 4.57 Å². The van der Waals surface area contributed by atoms with Gasteiger partial charge in [-0.1, -0.05) is 25.2 Å². The molecule has 3 rings (SSSR count). The van der Waals surface area contributed by atoms with E-state index >= 15 is 0 Å². The van der Waals surface area contributed by atoms with Gasteiger partial charge in [-0.15, -0.1) is 0 Å². The van der Waals surface area contributed by atoms with E-state index in [9.17, 15) is 24.6 Å². The molecule has 28 heavy (non-hydrogen) atoms. The highest BCUT2D eigenvalue weighted by molar-refractivity contribution is 7.16. The number of hydrogen-bond acceptors (Lipinski definition) is 11. The predicted molar refractivity (Wildman–Crippen MR) is 98.6 cm³/mol. The van der Waals surface area contributed by atoms with E-state index in [4.69, 9.17) is 20.9 Å². The molecule has 2 aromatic rings. The van der Waals surface area contributed by atoms with Gasteiger partial charge in [-0.3, -0.25) is 23.9 Å². The molecule has 0 aromatic carbocycles. The Labute approximate surface area is 161 Å². The van der Waals surface area contributed by atoms with E-state index in [1.807, 2.05) is 0 Å². The Morgan fingerprint density at radius 1 is 1.39 bits per heavy atom. The third kappa shape index (κ3) is 3.54. The molecule has 0 saturated carbocycles. The minimum Gasteiger partial charge on any atom is -0.462 e. The van der Waals surface area contributed by atoms with Crippen LogP contribution in [0, 0.1) is 5.92 Å². The largest absolute Gasteiger partial charge is 0.462 e. The number of aromatic nitrogens is 3. The monoisotopic (exact) mass is 415 g/mol. The molecule has 2 aromatic heterocycles. The molecule has 0 aliphatic carbocycles. The molecular weight excluding hydrogens is 394 g/mol. The standard InChI is InChI=1S/C15H21N5O7S/c1-4(2)6(16)13(24)26-3-5-7(21)8(22)12(27-5)20-10-9(28-15(20)25)11(23)19-14(17)18-10/h4-8,12,21-22H,3,16H2,1-2H3,(H3,17,18,19,23)/t5-,6+,7-,8-,12-/m1/s1. The number of thiazole rings is 1. The number of nitrogens with one attached hydrogen (secondary N) is 1. The molecule has 3 heterocycles. The highest BCUT2D eigenvalue weighted by atomic mass is 32.1. The van der Waals surface area contributed by atoms with Gasteiger partial charge >= 0.3 is 10.8 Å². The number of aromatic amines is 1. The Hall–Kier alpha value is -2.32. The first-order valence-electron chi connectivity index (χ1n) is 8.46. The number of aliphatic hydroxyl groups excluding tert-OH is 2. The number of ether oxygens (including phenoxy) is 2. The second-order valence-corrected chi connectivity index (χ2v) is 7.75. The molecule has 0 bridgehead atoms. The SMILES string of the molecule is CC(C)[C@H](N)C(=O)OC[C@H]1O[C@@H](n2c(=O)sc3c(=O)[nH]c(N)nc32)[C@H](O)[C@@H]1O. The molecule has 0 unspecified atom stereocenters. The number of hydrogen-bond donors (Lipinski definition) is 5. The Bertz CT molecular complexity index is 999. The Balaban J connectivity index is 1.85.